The lowest BCUT2D eigenvalue weighted by Crippen LogP contribution is -2.25. The van der Waals surface area contributed by atoms with Crippen molar-refractivity contribution in [3.8, 4) is 0 Å². The molecule has 2 nitrogen and oxygen atoms in total. The van der Waals surface area contributed by atoms with Gasteiger partial charge in [0.2, 0.25) is 0 Å². The fraction of sp³-hybridized carbons (Fsp3) is 0.429. The molecular formula is C14H17F2NO. The van der Waals surface area contributed by atoms with Crippen LogP contribution < -0.4 is 5.32 Å². The predicted octanol–water partition coefficient (Wildman–Crippen LogP) is 3.31. The highest BCUT2D eigenvalue weighted by Crippen LogP contribution is 2.29. The van der Waals surface area contributed by atoms with Crippen LogP contribution >= 0.6 is 0 Å². The van der Waals surface area contributed by atoms with Gasteiger partial charge in [-0.2, -0.15) is 0 Å². The van der Waals surface area contributed by atoms with Crippen LogP contribution in [-0.4, -0.2) is 13.2 Å². The quantitative estimate of drug-likeness (QED) is 0.888. The third-order valence-corrected chi connectivity index (χ3v) is 3.03. The molecular weight excluding hydrogens is 236 g/mol. The summed E-state index contributed by atoms with van der Waals surface area (Å²) in [5.74, 6) is -1.59. The lowest BCUT2D eigenvalue weighted by Gasteiger charge is -2.24. The molecule has 1 atom stereocenters. The number of likely N-dealkylation sites (N-methyl/N-ethyl adjacent to an activating group) is 1. The van der Waals surface area contributed by atoms with Gasteiger partial charge in [-0.05, 0) is 31.0 Å². The smallest absolute Gasteiger partial charge is 0.163 e. The number of hydrogen-bond donors (Lipinski definition) is 1. The zero-order valence-corrected chi connectivity index (χ0v) is 10.4. The average molecular weight is 253 g/mol. The van der Waals surface area contributed by atoms with Crippen LogP contribution in [0, 0.1) is 11.6 Å². The second-order valence-corrected chi connectivity index (χ2v) is 4.30. The van der Waals surface area contributed by atoms with Gasteiger partial charge in [-0.15, -0.1) is 0 Å². The largest absolute Gasteiger partial charge is 0.501 e. The molecule has 4 heteroatoms. The zero-order valence-electron chi connectivity index (χ0n) is 10.4. The minimum atomic E-state index is -0.812. The van der Waals surface area contributed by atoms with Crippen molar-refractivity contribution in [2.45, 2.75) is 25.8 Å². The van der Waals surface area contributed by atoms with Crippen LogP contribution in [0.4, 0.5) is 8.78 Å². The molecule has 0 aliphatic carbocycles. The van der Waals surface area contributed by atoms with Crippen molar-refractivity contribution in [1.82, 2.24) is 5.32 Å². The van der Waals surface area contributed by atoms with Crippen LogP contribution in [0.5, 0.6) is 0 Å². The van der Waals surface area contributed by atoms with E-state index in [-0.39, 0.29) is 6.04 Å². The van der Waals surface area contributed by atoms with E-state index in [4.69, 9.17) is 4.74 Å². The second-order valence-electron chi connectivity index (χ2n) is 4.30. The van der Waals surface area contributed by atoms with Crippen LogP contribution in [0.25, 0.3) is 0 Å². The minimum Gasteiger partial charge on any atom is -0.501 e. The molecule has 2 rings (SSSR count). The molecule has 1 unspecified atom stereocenters. The number of benzene rings is 1. The minimum absolute atomic E-state index is 0.314. The fourth-order valence-corrected chi connectivity index (χ4v) is 2.19. The Morgan fingerprint density at radius 3 is 2.89 bits per heavy atom. The fourth-order valence-electron chi connectivity index (χ4n) is 2.19. The van der Waals surface area contributed by atoms with Crippen LogP contribution in [0.15, 0.2) is 30.0 Å². The lowest BCUT2D eigenvalue weighted by atomic mass is 9.94. The molecule has 0 saturated heterocycles. The Morgan fingerprint density at radius 2 is 2.22 bits per heavy atom. The monoisotopic (exact) mass is 253 g/mol. The molecule has 1 aliphatic heterocycles. The molecule has 98 valence electrons. The number of nitrogens with one attached hydrogen (secondary N) is 1. The summed E-state index contributed by atoms with van der Waals surface area (Å²) < 4.78 is 32.4. The van der Waals surface area contributed by atoms with E-state index >= 15 is 0 Å². The number of halogens is 2. The predicted molar refractivity (Wildman–Crippen MR) is 66.0 cm³/mol. The summed E-state index contributed by atoms with van der Waals surface area (Å²) in [6.07, 6.45) is 3.42. The summed E-state index contributed by atoms with van der Waals surface area (Å²) in [7, 11) is 0. The SMILES string of the molecule is CCNC(C1=COCCC1)c1cccc(F)c1F. The third-order valence-electron chi connectivity index (χ3n) is 3.03. The van der Waals surface area contributed by atoms with Crippen molar-refractivity contribution >= 4 is 0 Å². The van der Waals surface area contributed by atoms with E-state index in [0.29, 0.717) is 18.7 Å². The van der Waals surface area contributed by atoms with Gasteiger partial charge in [0.25, 0.3) is 0 Å². The van der Waals surface area contributed by atoms with E-state index in [1.54, 1.807) is 12.3 Å². The van der Waals surface area contributed by atoms with Crippen molar-refractivity contribution in [1.29, 1.82) is 0 Å². The Labute approximate surface area is 106 Å². The van der Waals surface area contributed by atoms with Crippen molar-refractivity contribution in [2.75, 3.05) is 13.2 Å². The van der Waals surface area contributed by atoms with E-state index in [2.05, 4.69) is 5.32 Å². The summed E-state index contributed by atoms with van der Waals surface area (Å²) in [5, 5.41) is 3.18. The molecule has 0 spiro atoms. The van der Waals surface area contributed by atoms with Crippen LogP contribution in [0.1, 0.15) is 31.4 Å². The Morgan fingerprint density at radius 1 is 1.39 bits per heavy atom. The molecule has 0 amide bonds. The Bertz CT molecular complexity index is 445. The van der Waals surface area contributed by atoms with Gasteiger partial charge < -0.3 is 10.1 Å². The first-order chi connectivity index (χ1) is 8.74. The summed E-state index contributed by atoms with van der Waals surface area (Å²) in [6, 6.07) is 3.96. The number of hydrogen-bond acceptors (Lipinski definition) is 2. The van der Waals surface area contributed by atoms with E-state index in [0.717, 1.165) is 24.5 Å². The van der Waals surface area contributed by atoms with E-state index in [1.165, 1.54) is 6.07 Å². The Hall–Kier alpha value is -1.42. The molecule has 1 N–H and O–H groups in total. The molecule has 0 radical (unpaired) electrons. The highest BCUT2D eigenvalue weighted by molar-refractivity contribution is 5.30. The number of rotatable bonds is 4. The molecule has 1 aromatic rings. The summed E-state index contributed by atoms with van der Waals surface area (Å²) in [6.45, 7) is 3.31. The van der Waals surface area contributed by atoms with Gasteiger partial charge in [0.05, 0.1) is 18.9 Å². The maximum atomic E-state index is 13.8. The zero-order chi connectivity index (χ0) is 13.0. The third kappa shape index (κ3) is 2.70. The molecule has 1 heterocycles. The van der Waals surface area contributed by atoms with Crippen molar-refractivity contribution in [2.24, 2.45) is 0 Å². The molecule has 0 bridgehead atoms. The Kier molecular flexibility index (Phi) is 4.31. The van der Waals surface area contributed by atoms with E-state index < -0.39 is 11.6 Å². The normalized spacial score (nSPS) is 16.9. The topological polar surface area (TPSA) is 21.3 Å². The highest BCUT2D eigenvalue weighted by atomic mass is 19.2. The maximum Gasteiger partial charge on any atom is 0.163 e. The van der Waals surface area contributed by atoms with Gasteiger partial charge >= 0.3 is 0 Å². The lowest BCUT2D eigenvalue weighted by molar-refractivity contribution is 0.219. The summed E-state index contributed by atoms with van der Waals surface area (Å²) >= 11 is 0. The van der Waals surface area contributed by atoms with E-state index in [1.807, 2.05) is 6.92 Å². The van der Waals surface area contributed by atoms with Crippen LogP contribution in [0.2, 0.25) is 0 Å². The number of ether oxygens (including phenoxy) is 1. The van der Waals surface area contributed by atoms with Gasteiger partial charge in [-0.1, -0.05) is 19.1 Å². The van der Waals surface area contributed by atoms with Gasteiger partial charge in [0.15, 0.2) is 11.6 Å². The van der Waals surface area contributed by atoms with Gasteiger partial charge in [0.1, 0.15) is 0 Å². The molecule has 1 aromatic carbocycles. The Balaban J connectivity index is 2.34. The first-order valence-electron chi connectivity index (χ1n) is 6.22. The summed E-state index contributed by atoms with van der Waals surface area (Å²) in [5.41, 5.74) is 1.31. The van der Waals surface area contributed by atoms with Crippen molar-refractivity contribution in [3.05, 3.63) is 47.2 Å². The van der Waals surface area contributed by atoms with Gasteiger partial charge in [-0.3, -0.25) is 0 Å². The van der Waals surface area contributed by atoms with Crippen molar-refractivity contribution < 1.29 is 13.5 Å². The highest BCUT2D eigenvalue weighted by Gasteiger charge is 2.22. The molecule has 0 saturated carbocycles. The summed E-state index contributed by atoms with van der Waals surface area (Å²) in [4.78, 5) is 0. The molecule has 0 aromatic heterocycles. The van der Waals surface area contributed by atoms with Gasteiger partial charge in [-0.25, -0.2) is 8.78 Å². The van der Waals surface area contributed by atoms with Crippen LogP contribution in [-0.2, 0) is 4.74 Å². The maximum absolute atomic E-state index is 13.8. The van der Waals surface area contributed by atoms with Gasteiger partial charge in [0, 0.05) is 5.56 Å². The first-order valence-corrected chi connectivity index (χ1v) is 6.22. The average Bonchev–Trinajstić information content (AvgIpc) is 2.41. The molecule has 0 fully saturated rings. The van der Waals surface area contributed by atoms with E-state index in [9.17, 15) is 8.78 Å². The van der Waals surface area contributed by atoms with Crippen molar-refractivity contribution in [3.63, 3.8) is 0 Å². The molecule has 18 heavy (non-hydrogen) atoms. The second kappa shape index (κ2) is 5.96. The standard InChI is InChI=1S/C14H17F2NO/c1-2-17-14(10-5-4-8-18-9-10)11-6-3-7-12(15)13(11)16/h3,6-7,9,14,17H,2,4-5,8H2,1H3. The molecule has 1 aliphatic rings. The van der Waals surface area contributed by atoms with Crippen LogP contribution in [0.3, 0.4) is 0 Å². The first kappa shape index (κ1) is 13.0.